The first-order valence-electron chi connectivity index (χ1n) is 14.1. The zero-order valence-electron chi connectivity index (χ0n) is 25.2. The van der Waals surface area contributed by atoms with Crippen LogP contribution in [0.3, 0.4) is 0 Å². The van der Waals surface area contributed by atoms with Crippen LogP contribution in [0.5, 0.6) is 5.88 Å². The van der Waals surface area contributed by atoms with Crippen LogP contribution in [-0.2, 0) is 20.6 Å². The summed E-state index contributed by atoms with van der Waals surface area (Å²) in [6, 6.07) is 8.76. The van der Waals surface area contributed by atoms with Crippen molar-refractivity contribution in [1.29, 1.82) is 0 Å². The molecule has 0 radical (unpaired) electrons. The van der Waals surface area contributed by atoms with Gasteiger partial charge in [-0.2, -0.15) is 0 Å². The van der Waals surface area contributed by atoms with Crippen molar-refractivity contribution >= 4 is 31.5 Å². The second-order valence-corrected chi connectivity index (χ2v) is 18.3. The molecule has 2 aromatic heterocycles. The van der Waals surface area contributed by atoms with Gasteiger partial charge in [-0.25, -0.2) is 4.98 Å². The van der Waals surface area contributed by atoms with Gasteiger partial charge in [-0.3, -0.25) is 9.59 Å². The monoisotopic (exact) mass is 598 g/mol. The zero-order chi connectivity index (χ0) is 30.1. The topological polar surface area (TPSA) is 118 Å². The fourth-order valence-electron chi connectivity index (χ4n) is 4.97. The van der Waals surface area contributed by atoms with Crippen LogP contribution >= 0.6 is 11.3 Å². The number of likely N-dealkylation sites (tertiary alicyclic amines) is 1. The van der Waals surface area contributed by atoms with Gasteiger partial charge >= 0.3 is 0 Å². The Morgan fingerprint density at radius 1 is 1.24 bits per heavy atom. The van der Waals surface area contributed by atoms with Gasteiger partial charge in [0, 0.05) is 25.6 Å². The van der Waals surface area contributed by atoms with Crippen molar-refractivity contribution in [2.75, 3.05) is 6.54 Å². The number of benzene rings is 1. The molecule has 3 aromatic rings. The lowest BCUT2D eigenvalue weighted by Gasteiger charge is -2.38. The summed E-state index contributed by atoms with van der Waals surface area (Å²) < 4.78 is 12.0. The lowest BCUT2D eigenvalue weighted by Crippen LogP contribution is -2.48. The summed E-state index contributed by atoms with van der Waals surface area (Å²) in [6.45, 7) is 17.4. The fraction of sp³-hybridized carbons (Fsp3) is 0.533. The minimum absolute atomic E-state index is 0.0100. The molecule has 2 amide bonds. The lowest BCUT2D eigenvalue weighted by atomic mass is 9.91. The van der Waals surface area contributed by atoms with E-state index in [2.05, 4.69) is 49.3 Å². The van der Waals surface area contributed by atoms with Crippen molar-refractivity contribution in [1.82, 2.24) is 20.4 Å². The molecule has 11 heteroatoms. The number of carbonyl (C=O) groups is 2. The molecule has 41 heavy (non-hydrogen) atoms. The van der Waals surface area contributed by atoms with E-state index in [1.807, 2.05) is 50.5 Å². The number of rotatable bonds is 9. The van der Waals surface area contributed by atoms with Crippen molar-refractivity contribution < 1.29 is 23.6 Å². The normalized spacial score (nSPS) is 18.6. The predicted molar refractivity (Wildman–Crippen MR) is 162 cm³/mol. The molecular weight excluding hydrogens is 557 g/mol. The predicted octanol–water partition coefficient (Wildman–Crippen LogP) is 5.86. The molecule has 222 valence electrons. The van der Waals surface area contributed by atoms with Gasteiger partial charge in [-0.1, -0.05) is 58.9 Å². The maximum Gasteiger partial charge on any atom is 0.251 e. The molecule has 1 unspecified atom stereocenters. The first kappa shape index (κ1) is 30.9. The van der Waals surface area contributed by atoms with E-state index in [1.54, 1.807) is 16.2 Å². The number of thiazole rings is 1. The Labute approximate surface area is 247 Å². The van der Waals surface area contributed by atoms with Gasteiger partial charge in [0.05, 0.1) is 22.2 Å². The molecule has 3 heterocycles. The Hall–Kier alpha value is -3.02. The number of hydrogen-bond acceptors (Lipinski definition) is 8. The van der Waals surface area contributed by atoms with E-state index < -0.39 is 20.3 Å². The van der Waals surface area contributed by atoms with Gasteiger partial charge in [0.1, 0.15) is 12.0 Å². The fourth-order valence-corrected chi connectivity index (χ4v) is 7.14. The molecule has 0 bridgehead atoms. The van der Waals surface area contributed by atoms with Crippen molar-refractivity contribution in [3.8, 4) is 16.3 Å². The third-order valence-electron chi connectivity index (χ3n) is 8.30. The van der Waals surface area contributed by atoms with Crippen LogP contribution in [0.25, 0.3) is 10.4 Å². The van der Waals surface area contributed by atoms with Gasteiger partial charge in [0.2, 0.25) is 11.8 Å². The Morgan fingerprint density at radius 3 is 2.46 bits per heavy atom. The molecule has 1 aliphatic rings. The van der Waals surface area contributed by atoms with E-state index in [1.165, 1.54) is 6.07 Å². The second kappa shape index (κ2) is 12.1. The summed E-state index contributed by atoms with van der Waals surface area (Å²) in [5.41, 5.74) is 4.89. The molecule has 0 saturated carbocycles. The molecule has 1 fully saturated rings. The Kier molecular flexibility index (Phi) is 9.10. The Morgan fingerprint density at radius 2 is 1.93 bits per heavy atom. The van der Waals surface area contributed by atoms with Crippen molar-refractivity contribution in [3.63, 3.8) is 0 Å². The van der Waals surface area contributed by atoms with Crippen LogP contribution in [0.1, 0.15) is 64.0 Å². The van der Waals surface area contributed by atoms with Crippen LogP contribution in [0, 0.1) is 12.8 Å². The highest BCUT2D eigenvalue weighted by atomic mass is 32.1. The van der Waals surface area contributed by atoms with Crippen molar-refractivity contribution in [2.24, 2.45) is 5.92 Å². The molecule has 9 nitrogen and oxygen atoms in total. The first-order chi connectivity index (χ1) is 19.2. The van der Waals surface area contributed by atoms with Gasteiger partial charge in [0.15, 0.2) is 14.1 Å². The standard InChI is InChI=1S/C30H42N4O5SSi/c1-18(2)26(24-14-25(35)33-38-24)29(37)34-16-22(39-41(7,8)30(4,5)6)13-23(34)28(36)31-15-20-9-11-21(12-10-20)27-19(3)32-17-40-27/h9-12,14,17-18,22-23,26H,13,15-16H2,1-8H3,(H,31,36)(H,33,35)/t22-,23+,26?/m1/s1. The SMILES string of the molecule is Cc1ncsc1-c1ccc(CNC(=O)[C@@H]2C[C@@H](O[Si](C)(C)C(C)(C)C)CN2C(=O)C(c2cc(O)no2)C(C)C)cc1. The summed E-state index contributed by atoms with van der Waals surface area (Å²) in [7, 11) is -2.15. The van der Waals surface area contributed by atoms with Crippen LogP contribution in [-0.4, -0.2) is 59.0 Å². The van der Waals surface area contributed by atoms with Gasteiger partial charge in [0.25, 0.3) is 5.88 Å². The summed E-state index contributed by atoms with van der Waals surface area (Å²) in [6.07, 6.45) is 0.161. The molecule has 2 N–H and O–H groups in total. The average Bonchev–Trinajstić information content (AvgIpc) is 3.62. The molecule has 1 aromatic carbocycles. The molecule has 1 aliphatic heterocycles. The number of hydrogen-bond donors (Lipinski definition) is 2. The highest BCUT2D eigenvalue weighted by Gasteiger charge is 2.47. The smallest absolute Gasteiger partial charge is 0.251 e. The number of amides is 2. The molecule has 3 atom stereocenters. The van der Waals surface area contributed by atoms with Crippen molar-refractivity contribution in [2.45, 2.75) is 90.7 Å². The molecular formula is C30H42N4O5SSi. The minimum atomic E-state index is -2.15. The van der Waals surface area contributed by atoms with E-state index >= 15 is 0 Å². The van der Waals surface area contributed by atoms with E-state index in [4.69, 9.17) is 8.95 Å². The van der Waals surface area contributed by atoms with E-state index in [0.29, 0.717) is 19.5 Å². The highest BCUT2D eigenvalue weighted by molar-refractivity contribution is 7.13. The maximum atomic E-state index is 14.0. The molecule has 0 spiro atoms. The van der Waals surface area contributed by atoms with Gasteiger partial charge in [-0.15, -0.1) is 11.3 Å². The van der Waals surface area contributed by atoms with Crippen molar-refractivity contribution in [3.05, 3.63) is 52.9 Å². The molecule has 4 rings (SSSR count). The minimum Gasteiger partial charge on any atom is -0.491 e. The van der Waals surface area contributed by atoms with Gasteiger partial charge in [-0.05, 0) is 47.3 Å². The van der Waals surface area contributed by atoms with E-state index in [9.17, 15) is 14.7 Å². The summed E-state index contributed by atoms with van der Waals surface area (Å²) in [5.74, 6) is -1.27. The maximum absolute atomic E-state index is 14.0. The third kappa shape index (κ3) is 6.90. The number of carbonyl (C=O) groups excluding carboxylic acids is 2. The summed E-state index contributed by atoms with van der Waals surface area (Å²) in [5, 5.41) is 16.4. The number of nitrogens with one attached hydrogen (secondary N) is 1. The van der Waals surface area contributed by atoms with Crippen LogP contribution in [0.15, 0.2) is 40.4 Å². The van der Waals surface area contributed by atoms with E-state index in [0.717, 1.165) is 21.7 Å². The zero-order valence-corrected chi connectivity index (χ0v) is 27.0. The molecule has 1 saturated heterocycles. The lowest BCUT2D eigenvalue weighted by molar-refractivity contribution is -0.141. The van der Waals surface area contributed by atoms with Gasteiger partial charge < -0.3 is 24.3 Å². The number of aromatic nitrogens is 2. The average molecular weight is 599 g/mol. The number of aryl methyl sites for hydroxylation is 1. The molecule has 0 aliphatic carbocycles. The third-order valence-corrected chi connectivity index (χ3v) is 13.8. The Balaban J connectivity index is 1.53. The number of nitrogens with zero attached hydrogens (tertiary/aromatic N) is 3. The first-order valence-corrected chi connectivity index (χ1v) is 17.9. The summed E-state index contributed by atoms with van der Waals surface area (Å²) in [4.78, 5) is 34.7. The van der Waals surface area contributed by atoms with E-state index in [-0.39, 0.29) is 40.5 Å². The Bertz CT molecular complexity index is 1360. The highest BCUT2D eigenvalue weighted by Crippen LogP contribution is 2.40. The van der Waals surface area contributed by atoms with Crippen LogP contribution < -0.4 is 5.32 Å². The second-order valence-electron chi connectivity index (χ2n) is 12.7. The quantitative estimate of drug-likeness (QED) is 0.296. The largest absolute Gasteiger partial charge is 0.491 e. The van der Waals surface area contributed by atoms with Crippen LogP contribution in [0.4, 0.5) is 0 Å². The van der Waals surface area contributed by atoms with Crippen LogP contribution in [0.2, 0.25) is 18.1 Å². The number of aromatic hydroxyl groups is 1. The summed E-state index contributed by atoms with van der Waals surface area (Å²) >= 11 is 1.60.